The molecule has 0 aliphatic carbocycles. The maximum atomic E-state index is 12.7. The number of benzene rings is 3. The highest BCUT2D eigenvalue weighted by Crippen LogP contribution is 2.25. The van der Waals surface area contributed by atoms with Crippen molar-refractivity contribution in [3.63, 3.8) is 0 Å². The van der Waals surface area contributed by atoms with Crippen LogP contribution in [-0.2, 0) is 24.2 Å². The Hall–Kier alpha value is -3.38. The van der Waals surface area contributed by atoms with Gasteiger partial charge >= 0.3 is 0 Å². The summed E-state index contributed by atoms with van der Waals surface area (Å²) >= 11 is 1.40. The molecular formula is C27H28N4OS. The zero-order chi connectivity index (χ0) is 23.2. The maximum Gasteiger partial charge on any atom is 0.234 e. The summed E-state index contributed by atoms with van der Waals surface area (Å²) in [6, 6.07) is 20.8. The van der Waals surface area contributed by atoms with Crippen molar-refractivity contribution in [1.29, 1.82) is 0 Å². The highest BCUT2D eigenvalue weighted by molar-refractivity contribution is 7.99. The predicted octanol–water partition coefficient (Wildman–Crippen LogP) is 5.81. The Morgan fingerprint density at radius 3 is 2.64 bits per heavy atom. The zero-order valence-corrected chi connectivity index (χ0v) is 19.9. The highest BCUT2D eigenvalue weighted by atomic mass is 32.2. The van der Waals surface area contributed by atoms with Gasteiger partial charge in [-0.3, -0.25) is 4.79 Å². The van der Waals surface area contributed by atoms with Crippen LogP contribution >= 0.6 is 11.8 Å². The number of hydrogen-bond acceptors (Lipinski definition) is 4. The van der Waals surface area contributed by atoms with Crippen LogP contribution < -0.4 is 5.32 Å². The number of carbonyl (C=O) groups is 1. The molecular weight excluding hydrogens is 428 g/mol. The minimum Gasteiger partial charge on any atom is -0.325 e. The SMILES string of the molecule is C=CCn1c(Cc2cccc3ccccc23)nnc1SCC(=O)Nc1c(C)cccc1CC. The molecule has 0 saturated carbocycles. The van der Waals surface area contributed by atoms with Crippen LogP contribution in [0.3, 0.4) is 0 Å². The summed E-state index contributed by atoms with van der Waals surface area (Å²) in [4.78, 5) is 12.7. The van der Waals surface area contributed by atoms with E-state index in [1.807, 2.05) is 35.8 Å². The number of fused-ring (bicyclic) bond motifs is 1. The summed E-state index contributed by atoms with van der Waals surface area (Å²) < 4.78 is 2.04. The van der Waals surface area contributed by atoms with Gasteiger partial charge in [0.15, 0.2) is 5.16 Å². The summed E-state index contributed by atoms with van der Waals surface area (Å²) in [5.41, 5.74) is 4.32. The Bertz CT molecular complexity index is 1290. The number of amides is 1. The summed E-state index contributed by atoms with van der Waals surface area (Å²) in [5.74, 6) is 1.08. The molecule has 4 aromatic rings. The number of anilines is 1. The molecule has 0 bridgehead atoms. The van der Waals surface area contributed by atoms with E-state index >= 15 is 0 Å². The molecule has 5 nitrogen and oxygen atoms in total. The average molecular weight is 457 g/mol. The van der Waals surface area contributed by atoms with Gasteiger partial charge in [-0.2, -0.15) is 0 Å². The summed E-state index contributed by atoms with van der Waals surface area (Å²) in [7, 11) is 0. The van der Waals surface area contributed by atoms with Crippen LogP contribution in [0.25, 0.3) is 10.8 Å². The van der Waals surface area contributed by atoms with Crippen LogP contribution in [0.15, 0.2) is 78.5 Å². The van der Waals surface area contributed by atoms with Gasteiger partial charge in [0.1, 0.15) is 5.82 Å². The largest absolute Gasteiger partial charge is 0.325 e. The van der Waals surface area contributed by atoms with Crippen LogP contribution in [0.1, 0.15) is 29.4 Å². The fourth-order valence-electron chi connectivity index (χ4n) is 3.99. The van der Waals surface area contributed by atoms with Gasteiger partial charge in [-0.1, -0.05) is 85.4 Å². The van der Waals surface area contributed by atoms with Crippen molar-refractivity contribution in [1.82, 2.24) is 14.8 Å². The second-order valence-corrected chi connectivity index (χ2v) is 8.86. The lowest BCUT2D eigenvalue weighted by atomic mass is 10.0. The molecule has 0 fully saturated rings. The second-order valence-electron chi connectivity index (χ2n) is 7.91. The molecule has 0 aliphatic heterocycles. The van der Waals surface area contributed by atoms with Crippen molar-refractivity contribution in [3.05, 3.63) is 95.8 Å². The minimum atomic E-state index is -0.0484. The molecule has 1 aromatic heterocycles. The average Bonchev–Trinajstić information content (AvgIpc) is 3.20. The normalized spacial score (nSPS) is 11.0. The molecule has 0 spiro atoms. The molecule has 0 aliphatic rings. The van der Waals surface area contributed by atoms with Gasteiger partial charge in [0.25, 0.3) is 0 Å². The van der Waals surface area contributed by atoms with E-state index in [9.17, 15) is 4.79 Å². The van der Waals surface area contributed by atoms with Crippen molar-refractivity contribution >= 4 is 34.1 Å². The number of allylic oxidation sites excluding steroid dienone is 1. The minimum absolute atomic E-state index is 0.0484. The number of carbonyl (C=O) groups excluding carboxylic acids is 1. The van der Waals surface area contributed by atoms with E-state index in [1.165, 1.54) is 28.1 Å². The van der Waals surface area contributed by atoms with Crippen molar-refractivity contribution < 1.29 is 4.79 Å². The van der Waals surface area contributed by atoms with Crippen molar-refractivity contribution in [2.75, 3.05) is 11.1 Å². The number of nitrogens with zero attached hydrogens (tertiary/aromatic N) is 3. The van der Waals surface area contributed by atoms with Crippen molar-refractivity contribution in [3.8, 4) is 0 Å². The number of hydrogen-bond donors (Lipinski definition) is 1. The highest BCUT2D eigenvalue weighted by Gasteiger charge is 2.16. The zero-order valence-electron chi connectivity index (χ0n) is 19.0. The quantitative estimate of drug-likeness (QED) is 0.255. The number of para-hydroxylation sites is 1. The number of aryl methyl sites for hydroxylation is 2. The van der Waals surface area contributed by atoms with Gasteiger partial charge in [-0.05, 0) is 40.8 Å². The van der Waals surface area contributed by atoms with Crippen LogP contribution in [0.5, 0.6) is 0 Å². The van der Waals surface area contributed by atoms with E-state index in [1.54, 1.807) is 0 Å². The molecule has 1 amide bonds. The number of nitrogens with one attached hydrogen (secondary N) is 1. The second kappa shape index (κ2) is 10.5. The monoisotopic (exact) mass is 456 g/mol. The standard InChI is InChI=1S/C27H28N4OS/c1-4-16-31-24(17-22-14-9-13-21-11-6-7-15-23(21)22)29-30-27(31)33-18-25(32)28-26-19(3)10-8-12-20(26)5-2/h4,6-15H,1,5,16-18H2,2-3H3,(H,28,32). The third kappa shape index (κ3) is 5.17. The maximum absolute atomic E-state index is 12.7. The molecule has 0 radical (unpaired) electrons. The van der Waals surface area contributed by atoms with Crippen LogP contribution in [0, 0.1) is 6.92 Å². The van der Waals surface area contributed by atoms with Crippen LogP contribution in [0.2, 0.25) is 0 Å². The first-order valence-electron chi connectivity index (χ1n) is 11.1. The molecule has 0 saturated heterocycles. The third-order valence-corrected chi connectivity index (χ3v) is 6.64. The van der Waals surface area contributed by atoms with Gasteiger partial charge < -0.3 is 9.88 Å². The molecule has 1 N–H and O–H groups in total. The van der Waals surface area contributed by atoms with Gasteiger partial charge in [-0.25, -0.2) is 0 Å². The summed E-state index contributed by atoms with van der Waals surface area (Å²) in [6.07, 6.45) is 3.37. The van der Waals surface area contributed by atoms with E-state index in [0.717, 1.165) is 34.2 Å². The summed E-state index contributed by atoms with van der Waals surface area (Å²) in [5, 5.41) is 15.1. The summed E-state index contributed by atoms with van der Waals surface area (Å²) in [6.45, 7) is 8.59. The Kier molecular flexibility index (Phi) is 7.25. The van der Waals surface area contributed by atoms with Crippen molar-refractivity contribution in [2.45, 2.75) is 38.4 Å². The first-order chi connectivity index (χ1) is 16.1. The number of rotatable bonds is 9. The predicted molar refractivity (Wildman–Crippen MR) is 137 cm³/mol. The van der Waals surface area contributed by atoms with Gasteiger partial charge in [-0.15, -0.1) is 16.8 Å². The van der Waals surface area contributed by atoms with E-state index in [-0.39, 0.29) is 11.7 Å². The molecule has 0 unspecified atom stereocenters. The first kappa shape index (κ1) is 22.8. The Morgan fingerprint density at radius 1 is 1.06 bits per heavy atom. The lowest BCUT2D eigenvalue weighted by Gasteiger charge is -2.13. The van der Waals surface area contributed by atoms with Crippen LogP contribution in [0.4, 0.5) is 5.69 Å². The fourth-order valence-corrected chi connectivity index (χ4v) is 4.76. The van der Waals surface area contributed by atoms with Crippen LogP contribution in [-0.4, -0.2) is 26.4 Å². The lowest BCUT2D eigenvalue weighted by Crippen LogP contribution is -2.17. The van der Waals surface area contributed by atoms with Gasteiger partial charge in [0.05, 0.1) is 5.75 Å². The number of thioether (sulfide) groups is 1. The molecule has 0 atom stereocenters. The number of aromatic nitrogens is 3. The van der Waals surface area contributed by atoms with E-state index < -0.39 is 0 Å². The molecule has 168 valence electrons. The van der Waals surface area contributed by atoms with E-state index in [0.29, 0.717) is 13.0 Å². The molecule has 4 rings (SSSR count). The molecule has 1 heterocycles. The first-order valence-corrected chi connectivity index (χ1v) is 12.1. The Morgan fingerprint density at radius 2 is 1.82 bits per heavy atom. The fraction of sp³-hybridized carbons (Fsp3) is 0.222. The van der Waals surface area contributed by atoms with Gasteiger partial charge in [0, 0.05) is 18.7 Å². The van der Waals surface area contributed by atoms with Crippen molar-refractivity contribution in [2.24, 2.45) is 0 Å². The lowest BCUT2D eigenvalue weighted by molar-refractivity contribution is -0.113. The molecule has 6 heteroatoms. The van der Waals surface area contributed by atoms with E-state index in [2.05, 4.69) is 71.5 Å². The topological polar surface area (TPSA) is 59.8 Å². The molecule has 33 heavy (non-hydrogen) atoms. The third-order valence-electron chi connectivity index (χ3n) is 5.67. The smallest absolute Gasteiger partial charge is 0.234 e. The molecule has 3 aromatic carbocycles. The van der Waals surface area contributed by atoms with Gasteiger partial charge in [0.2, 0.25) is 5.91 Å². The Labute approximate surface area is 198 Å². The Balaban J connectivity index is 1.50. The van der Waals surface area contributed by atoms with E-state index in [4.69, 9.17) is 0 Å².